The molecule has 1 heterocycles. The molecule has 1 aromatic heterocycles. The van der Waals surface area contributed by atoms with Crippen molar-refractivity contribution in [2.24, 2.45) is 0 Å². The molecule has 0 aliphatic heterocycles. The van der Waals surface area contributed by atoms with E-state index in [1.807, 2.05) is 0 Å². The van der Waals surface area contributed by atoms with Crippen LogP contribution in [0.1, 0.15) is 5.56 Å². The first kappa shape index (κ1) is 11.8. The van der Waals surface area contributed by atoms with Gasteiger partial charge in [-0.2, -0.15) is 18.3 Å². The Labute approximate surface area is 99.1 Å². The zero-order chi connectivity index (χ0) is 12.6. The number of aromatic nitrogens is 2. The Kier molecular flexibility index (Phi) is 2.74. The van der Waals surface area contributed by atoms with Gasteiger partial charge in [-0.25, -0.2) is 4.68 Å². The fraction of sp³-hybridized carbons (Fsp3) is 0.100. The number of benzene rings is 1. The quantitative estimate of drug-likeness (QED) is 0.857. The lowest BCUT2D eigenvalue weighted by atomic mass is 10.2. The van der Waals surface area contributed by atoms with E-state index in [0.29, 0.717) is 0 Å². The maximum atomic E-state index is 12.7. The van der Waals surface area contributed by atoms with Crippen molar-refractivity contribution in [3.8, 4) is 11.4 Å². The van der Waals surface area contributed by atoms with Crippen molar-refractivity contribution in [2.75, 3.05) is 0 Å². The van der Waals surface area contributed by atoms with Crippen LogP contribution in [0, 0.1) is 0 Å². The summed E-state index contributed by atoms with van der Waals surface area (Å²) in [6, 6.07) is 4.84. The summed E-state index contributed by atoms with van der Waals surface area (Å²) < 4.78 is 39.0. The van der Waals surface area contributed by atoms with Gasteiger partial charge in [0.1, 0.15) is 0 Å². The van der Waals surface area contributed by atoms with Gasteiger partial charge in [0, 0.05) is 0 Å². The molecule has 0 amide bonds. The van der Waals surface area contributed by atoms with E-state index in [0.717, 1.165) is 16.9 Å². The molecule has 0 fully saturated rings. The van der Waals surface area contributed by atoms with Crippen molar-refractivity contribution in [1.29, 1.82) is 0 Å². The van der Waals surface area contributed by atoms with Crippen LogP contribution in [0.15, 0.2) is 30.5 Å². The topological polar surface area (TPSA) is 38.1 Å². The number of aromatic hydroxyl groups is 1. The highest BCUT2D eigenvalue weighted by molar-refractivity contribution is 6.31. The minimum Gasteiger partial charge on any atom is -0.504 e. The second-order valence-corrected chi connectivity index (χ2v) is 3.61. The third-order valence-corrected chi connectivity index (χ3v) is 2.48. The lowest BCUT2D eigenvalue weighted by Gasteiger charge is -2.12. The van der Waals surface area contributed by atoms with E-state index in [1.54, 1.807) is 0 Å². The smallest absolute Gasteiger partial charge is 0.418 e. The van der Waals surface area contributed by atoms with Crippen LogP contribution in [0.25, 0.3) is 5.69 Å². The number of halogens is 4. The fourth-order valence-electron chi connectivity index (χ4n) is 1.39. The van der Waals surface area contributed by atoms with Crippen molar-refractivity contribution in [1.82, 2.24) is 9.78 Å². The summed E-state index contributed by atoms with van der Waals surface area (Å²) in [5, 5.41) is 12.5. The largest absolute Gasteiger partial charge is 0.504 e. The average Bonchev–Trinajstić information content (AvgIpc) is 2.59. The zero-order valence-electron chi connectivity index (χ0n) is 8.24. The van der Waals surface area contributed by atoms with E-state index in [2.05, 4.69) is 5.10 Å². The van der Waals surface area contributed by atoms with Crippen molar-refractivity contribution >= 4 is 11.6 Å². The zero-order valence-corrected chi connectivity index (χ0v) is 9.00. The molecule has 0 spiro atoms. The molecule has 7 heteroatoms. The predicted octanol–water partition coefficient (Wildman–Crippen LogP) is 3.25. The Morgan fingerprint density at radius 1 is 1.24 bits per heavy atom. The maximum Gasteiger partial charge on any atom is 0.418 e. The average molecular weight is 263 g/mol. The summed E-state index contributed by atoms with van der Waals surface area (Å²) in [4.78, 5) is 0. The number of para-hydroxylation sites is 1. The van der Waals surface area contributed by atoms with Crippen molar-refractivity contribution in [3.63, 3.8) is 0 Å². The van der Waals surface area contributed by atoms with Crippen LogP contribution in [0.3, 0.4) is 0 Å². The number of nitrogens with zero attached hydrogens (tertiary/aromatic N) is 2. The molecule has 0 radical (unpaired) electrons. The molecule has 1 aromatic carbocycles. The highest BCUT2D eigenvalue weighted by Crippen LogP contribution is 2.35. The molecule has 90 valence electrons. The van der Waals surface area contributed by atoms with Crippen LogP contribution in [0.5, 0.6) is 5.75 Å². The van der Waals surface area contributed by atoms with Crippen molar-refractivity contribution in [3.05, 3.63) is 41.2 Å². The van der Waals surface area contributed by atoms with Gasteiger partial charge in [0.25, 0.3) is 0 Å². The molecule has 0 saturated carbocycles. The molecule has 0 aliphatic carbocycles. The summed E-state index contributed by atoms with van der Waals surface area (Å²) >= 11 is 5.65. The summed E-state index contributed by atoms with van der Waals surface area (Å²) in [5.74, 6) is -0.372. The monoisotopic (exact) mass is 262 g/mol. The van der Waals surface area contributed by atoms with Crippen LogP contribution >= 0.6 is 11.6 Å². The molecular formula is C10H6ClF3N2O. The summed E-state index contributed by atoms with van der Waals surface area (Å²) in [7, 11) is 0. The van der Waals surface area contributed by atoms with Gasteiger partial charge in [0.05, 0.1) is 17.4 Å². The predicted molar refractivity (Wildman–Crippen MR) is 55.2 cm³/mol. The van der Waals surface area contributed by atoms with E-state index in [-0.39, 0.29) is 16.6 Å². The highest BCUT2D eigenvalue weighted by atomic mass is 35.5. The molecular weight excluding hydrogens is 257 g/mol. The van der Waals surface area contributed by atoms with Crippen LogP contribution in [0.4, 0.5) is 13.2 Å². The van der Waals surface area contributed by atoms with Crippen LogP contribution in [-0.4, -0.2) is 14.9 Å². The molecule has 2 rings (SSSR count). The molecule has 0 saturated heterocycles. The van der Waals surface area contributed by atoms with E-state index in [4.69, 9.17) is 11.6 Å². The fourth-order valence-corrected chi connectivity index (χ4v) is 1.57. The van der Waals surface area contributed by atoms with Gasteiger partial charge < -0.3 is 5.11 Å². The Balaban J connectivity index is 2.64. The molecule has 0 aliphatic rings. The first-order valence-corrected chi connectivity index (χ1v) is 4.88. The second-order valence-electron chi connectivity index (χ2n) is 3.25. The van der Waals surface area contributed by atoms with E-state index in [9.17, 15) is 18.3 Å². The van der Waals surface area contributed by atoms with Gasteiger partial charge >= 0.3 is 6.18 Å². The number of rotatable bonds is 1. The summed E-state index contributed by atoms with van der Waals surface area (Å²) in [5.41, 5.74) is -1.10. The lowest BCUT2D eigenvalue weighted by Crippen LogP contribution is -2.11. The number of alkyl halides is 3. The molecule has 2 aromatic rings. The molecule has 0 atom stereocenters. The number of hydrogen-bond acceptors (Lipinski definition) is 2. The Bertz CT molecular complexity index is 551. The van der Waals surface area contributed by atoms with Gasteiger partial charge in [-0.15, -0.1) is 0 Å². The minimum atomic E-state index is -4.51. The molecule has 17 heavy (non-hydrogen) atoms. The first-order valence-electron chi connectivity index (χ1n) is 4.50. The Morgan fingerprint density at radius 2 is 1.88 bits per heavy atom. The van der Waals surface area contributed by atoms with Crippen LogP contribution in [0.2, 0.25) is 5.15 Å². The van der Waals surface area contributed by atoms with Crippen LogP contribution in [-0.2, 0) is 6.18 Å². The third-order valence-electron chi connectivity index (χ3n) is 2.13. The van der Waals surface area contributed by atoms with Gasteiger partial charge in [0.2, 0.25) is 0 Å². The summed E-state index contributed by atoms with van der Waals surface area (Å²) in [6.07, 6.45) is -3.53. The van der Waals surface area contributed by atoms with Gasteiger partial charge in [-0.05, 0) is 12.1 Å². The van der Waals surface area contributed by atoms with Gasteiger partial charge in [-0.1, -0.05) is 23.7 Å². The van der Waals surface area contributed by atoms with Gasteiger partial charge in [-0.3, -0.25) is 0 Å². The van der Waals surface area contributed by atoms with E-state index >= 15 is 0 Å². The molecule has 1 N–H and O–H groups in total. The van der Waals surface area contributed by atoms with E-state index < -0.39 is 11.7 Å². The Morgan fingerprint density at radius 3 is 2.41 bits per heavy atom. The third kappa shape index (κ3) is 2.08. The van der Waals surface area contributed by atoms with Crippen molar-refractivity contribution in [2.45, 2.75) is 6.18 Å². The number of hydrogen-bond donors (Lipinski definition) is 1. The molecule has 0 unspecified atom stereocenters. The first-order chi connectivity index (χ1) is 7.91. The van der Waals surface area contributed by atoms with Crippen molar-refractivity contribution < 1.29 is 18.3 Å². The standard InChI is InChI=1S/C10H6ClF3N2O/c11-9-8(17)5-15-16(9)7-4-2-1-3-6(7)10(12,13)14/h1-5,17H. The normalized spacial score (nSPS) is 11.8. The maximum absolute atomic E-state index is 12.7. The molecule has 0 bridgehead atoms. The summed E-state index contributed by atoms with van der Waals surface area (Å²) in [6.45, 7) is 0. The van der Waals surface area contributed by atoms with E-state index in [1.165, 1.54) is 18.2 Å². The lowest BCUT2D eigenvalue weighted by molar-refractivity contribution is -0.137. The minimum absolute atomic E-state index is 0.231. The Hall–Kier alpha value is -1.69. The second kappa shape index (κ2) is 3.96. The SMILES string of the molecule is Oc1cnn(-c2ccccc2C(F)(F)F)c1Cl. The highest BCUT2D eigenvalue weighted by Gasteiger charge is 2.34. The molecule has 3 nitrogen and oxygen atoms in total. The van der Waals surface area contributed by atoms with Crippen LogP contribution < -0.4 is 0 Å². The van der Waals surface area contributed by atoms with Gasteiger partial charge in [0.15, 0.2) is 10.9 Å².